The second-order valence-electron chi connectivity index (χ2n) is 4.72. The first kappa shape index (κ1) is 14.6. The molecule has 19 heavy (non-hydrogen) atoms. The summed E-state index contributed by atoms with van der Waals surface area (Å²) in [6.07, 6.45) is 2.07. The summed E-state index contributed by atoms with van der Waals surface area (Å²) in [5.41, 5.74) is 2.62. The van der Waals surface area contributed by atoms with Gasteiger partial charge in [0.2, 0.25) is 0 Å². The lowest BCUT2D eigenvalue weighted by Crippen LogP contribution is -2.09. The van der Waals surface area contributed by atoms with Gasteiger partial charge in [0.1, 0.15) is 5.75 Å². The van der Waals surface area contributed by atoms with E-state index < -0.39 is 0 Å². The topological polar surface area (TPSA) is 20.2 Å². The Morgan fingerprint density at radius 1 is 0.842 bits per heavy atom. The third kappa shape index (κ3) is 4.66. The molecule has 0 radical (unpaired) electrons. The molecule has 1 N–H and O–H groups in total. The van der Waals surface area contributed by atoms with Gasteiger partial charge in [-0.2, -0.15) is 0 Å². The number of phenols is 1. The van der Waals surface area contributed by atoms with E-state index >= 15 is 0 Å². The van der Waals surface area contributed by atoms with Crippen LogP contribution in [0.1, 0.15) is 11.1 Å². The van der Waals surface area contributed by atoms with E-state index in [4.69, 9.17) is 0 Å². The Labute approximate surface area is 130 Å². The molecule has 0 amide bonds. The van der Waals surface area contributed by atoms with Crippen molar-refractivity contribution in [2.75, 3.05) is 5.33 Å². The van der Waals surface area contributed by atoms with Gasteiger partial charge in [-0.1, -0.05) is 56.1 Å². The summed E-state index contributed by atoms with van der Waals surface area (Å²) in [6.45, 7) is 0. The van der Waals surface area contributed by atoms with Gasteiger partial charge in [0.05, 0.1) is 0 Å². The fourth-order valence-electron chi connectivity index (χ4n) is 2.10. The van der Waals surface area contributed by atoms with Gasteiger partial charge in [0.15, 0.2) is 0 Å². The minimum atomic E-state index is 0.326. The summed E-state index contributed by atoms with van der Waals surface area (Å²) in [5.74, 6) is 0.887. The highest BCUT2D eigenvalue weighted by molar-refractivity contribution is 9.10. The molecule has 0 heterocycles. The molecule has 1 unspecified atom stereocenters. The molecule has 0 bridgehead atoms. The first-order valence-electron chi connectivity index (χ1n) is 6.25. The van der Waals surface area contributed by atoms with Crippen LogP contribution in [0.3, 0.4) is 0 Å². The lowest BCUT2D eigenvalue weighted by atomic mass is 9.94. The lowest BCUT2D eigenvalue weighted by molar-refractivity contribution is 0.474. The fraction of sp³-hybridized carbons (Fsp3) is 0.250. The summed E-state index contributed by atoms with van der Waals surface area (Å²) in [6, 6.07) is 16.0. The third-order valence-electron chi connectivity index (χ3n) is 3.12. The molecule has 0 saturated heterocycles. The van der Waals surface area contributed by atoms with E-state index in [1.807, 2.05) is 12.1 Å². The Bertz CT molecular complexity index is 458. The van der Waals surface area contributed by atoms with E-state index in [1.165, 1.54) is 11.1 Å². The van der Waals surface area contributed by atoms with Gasteiger partial charge >= 0.3 is 0 Å². The average molecular weight is 384 g/mol. The Morgan fingerprint density at radius 2 is 1.32 bits per heavy atom. The molecule has 1 nitrogen and oxygen atoms in total. The number of aromatic hydroxyl groups is 1. The maximum atomic E-state index is 9.30. The first-order valence-corrected chi connectivity index (χ1v) is 8.17. The van der Waals surface area contributed by atoms with Gasteiger partial charge in [-0.15, -0.1) is 0 Å². The zero-order chi connectivity index (χ0) is 13.7. The van der Waals surface area contributed by atoms with Crippen molar-refractivity contribution in [3.63, 3.8) is 0 Å². The second kappa shape index (κ2) is 7.11. The zero-order valence-electron chi connectivity index (χ0n) is 10.5. The van der Waals surface area contributed by atoms with E-state index in [0.717, 1.165) is 22.6 Å². The molecule has 2 aromatic rings. The summed E-state index contributed by atoms with van der Waals surface area (Å²) >= 11 is 7.06. The normalized spacial score (nSPS) is 12.3. The minimum absolute atomic E-state index is 0.326. The maximum absolute atomic E-state index is 9.30. The highest BCUT2D eigenvalue weighted by Crippen LogP contribution is 2.20. The van der Waals surface area contributed by atoms with E-state index in [-0.39, 0.29) is 0 Å². The third-order valence-corrected chi connectivity index (χ3v) is 4.56. The fourth-order valence-corrected chi connectivity index (χ4v) is 2.82. The van der Waals surface area contributed by atoms with Crippen molar-refractivity contribution in [1.82, 2.24) is 0 Å². The summed E-state index contributed by atoms with van der Waals surface area (Å²) in [4.78, 5) is 0. The van der Waals surface area contributed by atoms with E-state index in [9.17, 15) is 5.11 Å². The quantitative estimate of drug-likeness (QED) is 0.724. The van der Waals surface area contributed by atoms with E-state index in [1.54, 1.807) is 12.1 Å². The van der Waals surface area contributed by atoms with Gasteiger partial charge < -0.3 is 5.11 Å². The maximum Gasteiger partial charge on any atom is 0.115 e. The van der Waals surface area contributed by atoms with E-state index in [2.05, 4.69) is 56.1 Å². The van der Waals surface area contributed by atoms with Gasteiger partial charge in [-0.25, -0.2) is 0 Å². The Morgan fingerprint density at radius 3 is 1.79 bits per heavy atom. The van der Waals surface area contributed by atoms with Gasteiger partial charge in [0, 0.05) is 9.80 Å². The van der Waals surface area contributed by atoms with Crippen molar-refractivity contribution in [1.29, 1.82) is 0 Å². The molecule has 3 heteroatoms. The number of halogens is 2. The number of phenolic OH excluding ortho intramolecular Hbond substituents is 1. The molecule has 0 saturated carbocycles. The van der Waals surface area contributed by atoms with Crippen molar-refractivity contribution in [3.05, 3.63) is 64.1 Å². The summed E-state index contributed by atoms with van der Waals surface area (Å²) in [7, 11) is 0. The monoisotopic (exact) mass is 382 g/mol. The van der Waals surface area contributed by atoms with Crippen molar-refractivity contribution >= 4 is 31.9 Å². The van der Waals surface area contributed by atoms with E-state index in [0.29, 0.717) is 11.7 Å². The smallest absolute Gasteiger partial charge is 0.115 e. The molecule has 2 rings (SSSR count). The van der Waals surface area contributed by atoms with Crippen molar-refractivity contribution in [2.24, 2.45) is 5.92 Å². The van der Waals surface area contributed by atoms with Crippen molar-refractivity contribution in [3.8, 4) is 5.75 Å². The van der Waals surface area contributed by atoms with Crippen molar-refractivity contribution < 1.29 is 5.11 Å². The minimum Gasteiger partial charge on any atom is -0.508 e. The number of rotatable bonds is 5. The molecule has 2 aromatic carbocycles. The van der Waals surface area contributed by atoms with Crippen LogP contribution in [0.15, 0.2) is 53.0 Å². The standard InChI is InChI=1S/C16H16Br2O/c17-11-14(9-12-1-5-15(18)6-2-12)10-13-3-7-16(19)8-4-13/h1-8,14,19H,9-11H2. The molecule has 1 atom stereocenters. The van der Waals surface area contributed by atoms with Crippen LogP contribution in [0, 0.1) is 5.92 Å². The largest absolute Gasteiger partial charge is 0.508 e. The molecular formula is C16H16Br2O. The zero-order valence-corrected chi connectivity index (χ0v) is 13.7. The number of hydrogen-bond acceptors (Lipinski definition) is 1. The second-order valence-corrected chi connectivity index (χ2v) is 6.28. The molecule has 0 aliphatic heterocycles. The van der Waals surface area contributed by atoms with Crippen LogP contribution < -0.4 is 0 Å². The van der Waals surface area contributed by atoms with Crippen LogP contribution in [0.2, 0.25) is 0 Å². The lowest BCUT2D eigenvalue weighted by Gasteiger charge is -2.14. The summed E-state index contributed by atoms with van der Waals surface area (Å²) in [5, 5.41) is 10.3. The molecule has 0 aliphatic carbocycles. The predicted molar refractivity (Wildman–Crippen MR) is 86.9 cm³/mol. The van der Waals surface area contributed by atoms with Crippen LogP contribution in [0.5, 0.6) is 5.75 Å². The van der Waals surface area contributed by atoms with Crippen LogP contribution in [0.4, 0.5) is 0 Å². The number of benzene rings is 2. The van der Waals surface area contributed by atoms with Crippen LogP contribution in [-0.4, -0.2) is 10.4 Å². The summed E-state index contributed by atoms with van der Waals surface area (Å²) < 4.78 is 1.12. The molecule has 0 aromatic heterocycles. The number of alkyl halides is 1. The highest BCUT2D eigenvalue weighted by atomic mass is 79.9. The molecular weight excluding hydrogens is 368 g/mol. The number of hydrogen-bond donors (Lipinski definition) is 1. The van der Waals surface area contributed by atoms with Crippen molar-refractivity contribution in [2.45, 2.75) is 12.8 Å². The van der Waals surface area contributed by atoms with Crippen LogP contribution >= 0.6 is 31.9 Å². The Kier molecular flexibility index (Phi) is 5.46. The highest BCUT2D eigenvalue weighted by Gasteiger charge is 2.09. The van der Waals surface area contributed by atoms with Gasteiger partial charge in [0.25, 0.3) is 0 Å². The predicted octanol–water partition coefficient (Wildman–Crippen LogP) is 4.95. The Hall–Kier alpha value is -0.800. The molecule has 0 spiro atoms. The molecule has 0 fully saturated rings. The molecule has 0 aliphatic rings. The average Bonchev–Trinajstić information content (AvgIpc) is 2.43. The molecule has 100 valence electrons. The van der Waals surface area contributed by atoms with Gasteiger partial charge in [-0.3, -0.25) is 0 Å². The first-order chi connectivity index (χ1) is 9.17. The van der Waals surface area contributed by atoms with Gasteiger partial charge in [-0.05, 0) is 54.2 Å². The van der Waals surface area contributed by atoms with Crippen LogP contribution in [0.25, 0.3) is 0 Å². The SMILES string of the molecule is Oc1ccc(CC(CBr)Cc2ccc(Br)cc2)cc1. The van der Waals surface area contributed by atoms with Crippen LogP contribution in [-0.2, 0) is 12.8 Å². The Balaban J connectivity index is 2.00.